The summed E-state index contributed by atoms with van der Waals surface area (Å²) in [5.41, 5.74) is 0.778. The van der Waals surface area contributed by atoms with Gasteiger partial charge in [0.2, 0.25) is 0 Å². The Bertz CT molecular complexity index is 510. The van der Waals surface area contributed by atoms with Crippen molar-refractivity contribution in [2.75, 3.05) is 19.6 Å². The van der Waals surface area contributed by atoms with E-state index in [1.807, 2.05) is 30.3 Å². The van der Waals surface area contributed by atoms with E-state index in [2.05, 4.69) is 18.7 Å². The van der Waals surface area contributed by atoms with Gasteiger partial charge in [-0.3, -0.25) is 4.79 Å². The van der Waals surface area contributed by atoms with Gasteiger partial charge in [0.25, 0.3) is 0 Å². The van der Waals surface area contributed by atoms with E-state index >= 15 is 0 Å². The van der Waals surface area contributed by atoms with Crippen LogP contribution in [0, 0.1) is 0 Å². The molecule has 0 bridgehead atoms. The maximum atomic E-state index is 13.2. The van der Waals surface area contributed by atoms with Crippen molar-refractivity contribution in [3.63, 3.8) is 0 Å². The summed E-state index contributed by atoms with van der Waals surface area (Å²) >= 11 is 0. The van der Waals surface area contributed by atoms with Crippen LogP contribution >= 0.6 is 0 Å². The molecule has 1 aromatic rings. The molecular weight excluding hydrogens is 334 g/mol. The van der Waals surface area contributed by atoms with Crippen molar-refractivity contribution in [1.29, 1.82) is 0 Å². The molecule has 1 aromatic carbocycles. The first kappa shape index (κ1) is 22.1. The Kier molecular flexibility index (Phi) is 10.7. The highest BCUT2D eigenvalue weighted by Crippen LogP contribution is 2.19. The number of hydrogen-bond donors (Lipinski definition) is 0. The summed E-state index contributed by atoms with van der Waals surface area (Å²) in [6.07, 6.45) is 11.9. The topological polar surface area (TPSA) is 29.5 Å². The van der Waals surface area contributed by atoms with Crippen LogP contribution in [-0.4, -0.2) is 42.5 Å². The third-order valence-electron chi connectivity index (χ3n) is 5.57. The molecular formula is C24H39NO2. The summed E-state index contributed by atoms with van der Waals surface area (Å²) < 4.78 is 6.50. The van der Waals surface area contributed by atoms with Gasteiger partial charge in [0.15, 0.2) is 5.78 Å². The van der Waals surface area contributed by atoms with Crippen molar-refractivity contribution < 1.29 is 9.53 Å². The zero-order valence-electron chi connectivity index (χ0n) is 17.5. The van der Waals surface area contributed by atoms with Crippen molar-refractivity contribution in [3.8, 4) is 0 Å². The number of hydrogen-bond acceptors (Lipinski definition) is 3. The molecule has 1 saturated heterocycles. The summed E-state index contributed by atoms with van der Waals surface area (Å²) in [5, 5.41) is 0. The van der Waals surface area contributed by atoms with E-state index in [0.29, 0.717) is 0 Å². The molecule has 0 radical (unpaired) electrons. The van der Waals surface area contributed by atoms with E-state index in [9.17, 15) is 4.79 Å². The van der Waals surface area contributed by atoms with Crippen LogP contribution in [0.4, 0.5) is 0 Å². The number of likely N-dealkylation sites (tertiary alicyclic amines) is 1. The van der Waals surface area contributed by atoms with Gasteiger partial charge in [-0.15, -0.1) is 0 Å². The molecule has 1 aliphatic rings. The van der Waals surface area contributed by atoms with Crippen molar-refractivity contribution in [3.05, 3.63) is 35.9 Å². The Hall–Kier alpha value is -1.19. The highest BCUT2D eigenvalue weighted by Gasteiger charge is 2.27. The molecule has 0 saturated carbocycles. The van der Waals surface area contributed by atoms with Crippen LogP contribution in [0.2, 0.25) is 0 Å². The van der Waals surface area contributed by atoms with E-state index in [1.165, 1.54) is 44.9 Å². The fraction of sp³-hybridized carbons (Fsp3) is 0.708. The minimum Gasteiger partial charge on any atom is -0.365 e. The van der Waals surface area contributed by atoms with E-state index in [4.69, 9.17) is 4.74 Å². The first-order valence-electron chi connectivity index (χ1n) is 11.2. The van der Waals surface area contributed by atoms with Crippen molar-refractivity contribution in [2.24, 2.45) is 0 Å². The van der Waals surface area contributed by atoms with Crippen LogP contribution in [0.1, 0.15) is 88.4 Å². The van der Waals surface area contributed by atoms with Gasteiger partial charge < -0.3 is 9.64 Å². The van der Waals surface area contributed by atoms with Gasteiger partial charge in [0.05, 0.1) is 6.10 Å². The van der Waals surface area contributed by atoms with E-state index in [0.717, 1.165) is 44.5 Å². The minimum atomic E-state index is -0.340. The normalized spacial score (nSPS) is 17.6. The Balaban J connectivity index is 2.02. The van der Waals surface area contributed by atoms with Gasteiger partial charge in [-0.2, -0.15) is 0 Å². The average Bonchev–Trinajstić information content (AvgIpc) is 2.71. The molecule has 3 nitrogen and oxygen atoms in total. The van der Waals surface area contributed by atoms with Gasteiger partial charge in [-0.1, -0.05) is 82.7 Å². The molecule has 2 atom stereocenters. The fourth-order valence-electron chi connectivity index (χ4n) is 3.99. The maximum absolute atomic E-state index is 13.2. The Morgan fingerprint density at radius 2 is 1.70 bits per heavy atom. The van der Waals surface area contributed by atoms with Crippen molar-refractivity contribution >= 4 is 5.78 Å². The molecule has 0 N–H and O–H groups in total. The van der Waals surface area contributed by atoms with Gasteiger partial charge in [0.1, 0.15) is 6.10 Å². The summed E-state index contributed by atoms with van der Waals surface area (Å²) in [6.45, 7) is 7.38. The second-order valence-corrected chi connectivity index (χ2v) is 7.98. The van der Waals surface area contributed by atoms with E-state index < -0.39 is 0 Å². The van der Waals surface area contributed by atoms with E-state index in [-0.39, 0.29) is 18.0 Å². The lowest BCUT2D eigenvalue weighted by molar-refractivity contribution is -0.0266. The lowest BCUT2D eigenvalue weighted by atomic mass is 10.0. The van der Waals surface area contributed by atoms with Crippen LogP contribution in [0.15, 0.2) is 30.3 Å². The van der Waals surface area contributed by atoms with Crippen LogP contribution in [0.3, 0.4) is 0 Å². The zero-order chi connectivity index (χ0) is 19.3. The van der Waals surface area contributed by atoms with Crippen molar-refractivity contribution in [2.45, 2.75) is 90.3 Å². The summed E-state index contributed by atoms with van der Waals surface area (Å²) in [4.78, 5) is 15.6. The second-order valence-electron chi connectivity index (χ2n) is 7.98. The molecule has 1 heterocycles. The largest absolute Gasteiger partial charge is 0.365 e. The number of benzene rings is 1. The second kappa shape index (κ2) is 13.1. The molecule has 1 aliphatic heterocycles. The lowest BCUT2D eigenvalue weighted by Gasteiger charge is -2.32. The minimum absolute atomic E-state index is 0.149. The van der Waals surface area contributed by atoms with Crippen molar-refractivity contribution in [1.82, 2.24) is 4.90 Å². The molecule has 0 spiro atoms. The standard InChI is InChI=1S/C24H39NO2/c1-3-5-6-11-17-22(14-4-2)27-23(20-25-18-12-8-13-19-25)24(26)21-15-9-7-10-16-21/h7,9-10,15-16,22-23H,3-6,8,11-14,17-20H2,1-2H3. The number of piperidine rings is 1. The highest BCUT2D eigenvalue weighted by atomic mass is 16.5. The third kappa shape index (κ3) is 8.15. The molecule has 152 valence electrons. The number of nitrogens with zero attached hydrogens (tertiary/aromatic N) is 1. The molecule has 27 heavy (non-hydrogen) atoms. The number of Topliss-reactive ketones (excluding diaryl/α,β-unsaturated/α-hetero) is 1. The number of carbonyl (C=O) groups is 1. The Morgan fingerprint density at radius 3 is 2.37 bits per heavy atom. The van der Waals surface area contributed by atoms with Crippen LogP contribution < -0.4 is 0 Å². The first-order valence-corrected chi connectivity index (χ1v) is 11.2. The average molecular weight is 374 g/mol. The molecule has 0 aliphatic carbocycles. The highest BCUT2D eigenvalue weighted by molar-refractivity contribution is 5.99. The van der Waals surface area contributed by atoms with Gasteiger partial charge in [0, 0.05) is 12.1 Å². The molecule has 0 aromatic heterocycles. The van der Waals surface area contributed by atoms with Crippen LogP contribution in [-0.2, 0) is 4.74 Å². The smallest absolute Gasteiger partial charge is 0.192 e. The molecule has 2 rings (SSSR count). The number of unbranched alkanes of at least 4 members (excludes halogenated alkanes) is 3. The Morgan fingerprint density at radius 1 is 0.963 bits per heavy atom. The molecule has 1 fully saturated rings. The molecule has 3 heteroatoms. The first-order chi connectivity index (χ1) is 13.2. The summed E-state index contributed by atoms with van der Waals surface area (Å²) in [6, 6.07) is 9.69. The van der Waals surface area contributed by atoms with Gasteiger partial charge in [-0.05, 0) is 38.8 Å². The van der Waals surface area contributed by atoms with E-state index in [1.54, 1.807) is 0 Å². The number of ether oxygens (including phenoxy) is 1. The van der Waals surface area contributed by atoms with Crippen LogP contribution in [0.5, 0.6) is 0 Å². The lowest BCUT2D eigenvalue weighted by Crippen LogP contribution is -2.43. The van der Waals surface area contributed by atoms with Gasteiger partial charge in [-0.25, -0.2) is 0 Å². The predicted molar refractivity (Wildman–Crippen MR) is 113 cm³/mol. The number of carbonyl (C=O) groups excluding carboxylic acids is 1. The third-order valence-corrected chi connectivity index (χ3v) is 5.57. The Labute approximate surface area is 166 Å². The number of rotatable bonds is 13. The summed E-state index contributed by atoms with van der Waals surface area (Å²) in [7, 11) is 0. The SMILES string of the molecule is CCCCCCC(CCC)OC(CN1CCCCC1)C(=O)c1ccccc1. The fourth-order valence-corrected chi connectivity index (χ4v) is 3.99. The number of ketones is 1. The molecule has 2 unspecified atom stereocenters. The quantitative estimate of drug-likeness (QED) is 0.319. The zero-order valence-corrected chi connectivity index (χ0v) is 17.5. The predicted octanol–water partition coefficient (Wildman–Crippen LogP) is 5.88. The van der Waals surface area contributed by atoms with Gasteiger partial charge >= 0.3 is 0 Å². The maximum Gasteiger partial charge on any atom is 0.192 e. The molecule has 0 amide bonds. The van der Waals surface area contributed by atoms with Crippen LogP contribution in [0.25, 0.3) is 0 Å². The summed E-state index contributed by atoms with van der Waals surface area (Å²) in [5.74, 6) is 0.149. The monoisotopic (exact) mass is 373 g/mol.